The number of H-pyrrole nitrogens is 1. The molecular weight excluding hydrogens is 386 g/mol. The number of carbonyl (C=O) groups is 2. The van der Waals surface area contributed by atoms with Crippen molar-refractivity contribution in [3.05, 3.63) is 46.6 Å². The topological polar surface area (TPSA) is 104 Å². The van der Waals surface area contributed by atoms with Gasteiger partial charge in [-0.15, -0.1) is 0 Å². The van der Waals surface area contributed by atoms with Crippen LogP contribution in [-0.2, 0) is 17.8 Å². The van der Waals surface area contributed by atoms with Gasteiger partial charge in [-0.2, -0.15) is 0 Å². The van der Waals surface area contributed by atoms with Gasteiger partial charge in [0.25, 0.3) is 5.91 Å². The molecule has 0 spiro atoms. The van der Waals surface area contributed by atoms with Crippen molar-refractivity contribution in [2.45, 2.75) is 32.2 Å². The van der Waals surface area contributed by atoms with Gasteiger partial charge in [-0.05, 0) is 25.0 Å². The second-order valence-electron chi connectivity index (χ2n) is 7.99. The van der Waals surface area contributed by atoms with Crippen LogP contribution in [0.5, 0.6) is 0 Å². The van der Waals surface area contributed by atoms with Crippen LogP contribution in [0.3, 0.4) is 0 Å². The van der Waals surface area contributed by atoms with Crippen molar-refractivity contribution < 1.29 is 9.59 Å². The van der Waals surface area contributed by atoms with Crippen molar-refractivity contribution >= 4 is 39.2 Å². The molecular formula is C21H23N5O2S. The maximum absolute atomic E-state index is 13.0. The lowest BCUT2D eigenvalue weighted by Gasteiger charge is -2.38. The van der Waals surface area contributed by atoms with Crippen LogP contribution in [0, 0.1) is 5.41 Å². The fourth-order valence-electron chi connectivity index (χ4n) is 4.16. The quantitative estimate of drug-likeness (QED) is 0.603. The van der Waals surface area contributed by atoms with Crippen molar-refractivity contribution in [3.63, 3.8) is 0 Å². The summed E-state index contributed by atoms with van der Waals surface area (Å²) in [7, 11) is 0. The molecule has 29 heavy (non-hydrogen) atoms. The Hall–Kier alpha value is -2.87. The molecule has 1 aromatic carbocycles. The summed E-state index contributed by atoms with van der Waals surface area (Å²) in [5.41, 5.74) is 7.79. The number of thiazole rings is 1. The molecule has 1 fully saturated rings. The molecule has 1 aliphatic heterocycles. The molecule has 0 saturated heterocycles. The van der Waals surface area contributed by atoms with Crippen LogP contribution in [0.1, 0.15) is 40.3 Å². The predicted molar refractivity (Wildman–Crippen MR) is 113 cm³/mol. The zero-order valence-electron chi connectivity index (χ0n) is 16.0. The molecule has 5 rings (SSSR count). The number of primary amides is 1. The van der Waals surface area contributed by atoms with Crippen molar-refractivity contribution in [1.29, 1.82) is 0 Å². The van der Waals surface area contributed by atoms with Gasteiger partial charge in [0.2, 0.25) is 5.91 Å². The Labute approximate surface area is 172 Å². The predicted octanol–water partition coefficient (Wildman–Crippen LogP) is 2.89. The van der Waals surface area contributed by atoms with Gasteiger partial charge in [0.1, 0.15) is 5.69 Å². The summed E-state index contributed by atoms with van der Waals surface area (Å²) in [4.78, 5) is 35.6. The molecule has 3 heterocycles. The normalized spacial score (nSPS) is 17.6. The third kappa shape index (κ3) is 3.17. The summed E-state index contributed by atoms with van der Waals surface area (Å²) < 4.78 is 0. The Morgan fingerprint density at radius 3 is 2.86 bits per heavy atom. The van der Waals surface area contributed by atoms with E-state index in [2.05, 4.69) is 15.3 Å². The molecule has 0 bridgehead atoms. The average molecular weight is 410 g/mol. The third-order valence-corrected chi connectivity index (χ3v) is 7.23. The zero-order valence-corrected chi connectivity index (χ0v) is 16.8. The number of nitrogens with zero attached hydrogens (tertiary/aromatic N) is 2. The number of anilines is 1. The molecule has 150 valence electrons. The van der Waals surface area contributed by atoms with E-state index in [4.69, 9.17) is 5.73 Å². The Bertz CT molecular complexity index is 1060. The summed E-state index contributed by atoms with van der Waals surface area (Å²) in [6.07, 6.45) is 3.46. The third-order valence-electron chi connectivity index (χ3n) is 6.19. The van der Waals surface area contributed by atoms with Crippen molar-refractivity contribution in [3.8, 4) is 0 Å². The van der Waals surface area contributed by atoms with Crippen LogP contribution >= 0.6 is 11.3 Å². The first kappa shape index (κ1) is 18.2. The second-order valence-corrected chi connectivity index (χ2v) is 9.07. The van der Waals surface area contributed by atoms with E-state index < -0.39 is 5.41 Å². The van der Waals surface area contributed by atoms with Gasteiger partial charge < -0.3 is 20.9 Å². The number of aromatic amines is 1. The maximum Gasteiger partial charge on any atom is 0.270 e. The standard InChI is InChI=1S/C21H23N5O2S/c22-19(28)21(7-3-8-21)12-23-20-25-15-6-9-26(11-17(15)29-20)18(27)16-10-13-4-1-2-5-14(13)24-16/h1-2,4-5,10,24H,3,6-9,11-12H2,(H2,22,28)(H,23,25). The molecule has 4 N–H and O–H groups in total. The lowest BCUT2D eigenvalue weighted by Crippen LogP contribution is -2.47. The van der Waals surface area contributed by atoms with Crippen LogP contribution in [0.4, 0.5) is 5.13 Å². The van der Waals surface area contributed by atoms with E-state index in [9.17, 15) is 9.59 Å². The maximum atomic E-state index is 13.0. The van der Waals surface area contributed by atoms with Crippen LogP contribution < -0.4 is 11.1 Å². The highest BCUT2D eigenvalue weighted by Crippen LogP contribution is 2.41. The van der Waals surface area contributed by atoms with Crippen LogP contribution in [0.25, 0.3) is 10.9 Å². The summed E-state index contributed by atoms with van der Waals surface area (Å²) in [5, 5.41) is 5.16. The van der Waals surface area contributed by atoms with Crippen LogP contribution in [0.2, 0.25) is 0 Å². The minimum Gasteiger partial charge on any atom is -0.369 e. The summed E-state index contributed by atoms with van der Waals surface area (Å²) >= 11 is 1.57. The number of hydrogen-bond acceptors (Lipinski definition) is 5. The minimum absolute atomic E-state index is 0.0110. The van der Waals surface area contributed by atoms with E-state index >= 15 is 0 Å². The van der Waals surface area contributed by atoms with Gasteiger partial charge in [0.15, 0.2) is 5.13 Å². The Kier molecular flexibility index (Phi) is 4.31. The molecule has 0 unspecified atom stereocenters. The Morgan fingerprint density at radius 2 is 2.14 bits per heavy atom. The fraction of sp³-hybridized carbons (Fsp3) is 0.381. The van der Waals surface area contributed by atoms with E-state index in [-0.39, 0.29) is 11.8 Å². The number of rotatable bonds is 5. The van der Waals surface area contributed by atoms with E-state index in [1.54, 1.807) is 11.3 Å². The zero-order chi connectivity index (χ0) is 20.0. The monoisotopic (exact) mass is 409 g/mol. The number of fused-ring (bicyclic) bond motifs is 2. The first-order valence-corrected chi connectivity index (χ1v) is 10.8. The molecule has 0 atom stereocenters. The highest BCUT2D eigenvalue weighted by Gasteiger charge is 2.42. The molecule has 2 amide bonds. The molecule has 2 aromatic heterocycles. The number of hydrogen-bond donors (Lipinski definition) is 3. The van der Waals surface area contributed by atoms with Crippen molar-refractivity contribution in [1.82, 2.24) is 14.9 Å². The van der Waals surface area contributed by atoms with Crippen molar-refractivity contribution in [2.75, 3.05) is 18.4 Å². The van der Waals surface area contributed by atoms with Gasteiger partial charge >= 0.3 is 0 Å². The number of benzene rings is 1. The van der Waals surface area contributed by atoms with Gasteiger partial charge in [-0.1, -0.05) is 36.0 Å². The molecule has 7 nitrogen and oxygen atoms in total. The smallest absolute Gasteiger partial charge is 0.270 e. The lowest BCUT2D eigenvalue weighted by molar-refractivity contribution is -0.131. The summed E-state index contributed by atoms with van der Waals surface area (Å²) in [6, 6.07) is 9.81. The Morgan fingerprint density at radius 1 is 1.31 bits per heavy atom. The first-order valence-electron chi connectivity index (χ1n) is 9.93. The number of para-hydroxylation sites is 1. The number of amides is 2. The Balaban J connectivity index is 1.28. The SMILES string of the molecule is NC(=O)C1(CNc2nc3c(s2)CN(C(=O)c2cc4ccccc4[nH]2)CC3)CCC1. The van der Waals surface area contributed by atoms with E-state index in [0.717, 1.165) is 52.3 Å². The number of nitrogens with two attached hydrogens (primary N) is 1. The molecule has 3 aromatic rings. The minimum atomic E-state index is -0.427. The highest BCUT2D eigenvalue weighted by atomic mass is 32.1. The fourth-order valence-corrected chi connectivity index (χ4v) is 5.18. The highest BCUT2D eigenvalue weighted by molar-refractivity contribution is 7.15. The number of carbonyl (C=O) groups excluding carboxylic acids is 2. The van der Waals surface area contributed by atoms with Crippen LogP contribution in [-0.4, -0.2) is 39.8 Å². The molecule has 1 saturated carbocycles. The number of aromatic nitrogens is 2. The average Bonchev–Trinajstić information content (AvgIpc) is 3.29. The van der Waals surface area contributed by atoms with Gasteiger partial charge in [-0.25, -0.2) is 4.98 Å². The molecule has 2 aliphatic rings. The van der Waals surface area contributed by atoms with Gasteiger partial charge in [0, 0.05) is 35.3 Å². The van der Waals surface area contributed by atoms with E-state index in [1.807, 2.05) is 35.2 Å². The van der Waals surface area contributed by atoms with E-state index in [0.29, 0.717) is 25.3 Å². The first-order chi connectivity index (χ1) is 14.0. The molecule has 1 aliphatic carbocycles. The van der Waals surface area contributed by atoms with Crippen molar-refractivity contribution in [2.24, 2.45) is 11.1 Å². The summed E-state index contributed by atoms with van der Waals surface area (Å²) in [5.74, 6) is -0.218. The van der Waals surface area contributed by atoms with Gasteiger partial charge in [0.05, 0.1) is 17.7 Å². The molecule has 0 radical (unpaired) electrons. The van der Waals surface area contributed by atoms with Gasteiger partial charge in [-0.3, -0.25) is 9.59 Å². The number of nitrogens with one attached hydrogen (secondary N) is 2. The lowest BCUT2D eigenvalue weighted by atomic mass is 9.68. The molecule has 8 heteroatoms. The summed E-state index contributed by atoms with van der Waals surface area (Å²) in [6.45, 7) is 1.74. The van der Waals surface area contributed by atoms with Crippen LogP contribution in [0.15, 0.2) is 30.3 Å². The second kappa shape index (κ2) is 6.88. The largest absolute Gasteiger partial charge is 0.369 e. The van der Waals surface area contributed by atoms with E-state index in [1.165, 1.54) is 0 Å².